The van der Waals surface area contributed by atoms with E-state index in [1.165, 1.54) is 12.8 Å². The first-order valence-electron chi connectivity index (χ1n) is 5.22. The molecule has 0 amide bonds. The third-order valence-corrected chi connectivity index (χ3v) is 2.70. The van der Waals surface area contributed by atoms with Gasteiger partial charge in [-0.1, -0.05) is 19.8 Å². The molecule has 3 nitrogen and oxygen atoms in total. The van der Waals surface area contributed by atoms with Crippen LogP contribution in [-0.4, -0.2) is 35.1 Å². The third-order valence-electron chi connectivity index (χ3n) is 2.70. The Morgan fingerprint density at radius 2 is 2.31 bits per heavy atom. The van der Waals surface area contributed by atoms with Crippen molar-refractivity contribution in [2.24, 2.45) is 0 Å². The summed E-state index contributed by atoms with van der Waals surface area (Å²) in [5, 5.41) is 8.90. The highest BCUT2D eigenvalue weighted by molar-refractivity contribution is 5.73. The Kier molecular flexibility index (Phi) is 4.22. The molecule has 1 fully saturated rings. The molecule has 76 valence electrons. The largest absolute Gasteiger partial charge is 0.480 e. The summed E-state index contributed by atoms with van der Waals surface area (Å²) in [5.74, 6) is -0.644. The molecule has 0 aliphatic carbocycles. The lowest BCUT2D eigenvalue weighted by Crippen LogP contribution is -2.36. The van der Waals surface area contributed by atoms with Crippen molar-refractivity contribution < 1.29 is 9.90 Å². The van der Waals surface area contributed by atoms with E-state index in [1.807, 2.05) is 0 Å². The van der Waals surface area contributed by atoms with Gasteiger partial charge in [-0.25, -0.2) is 0 Å². The lowest BCUT2D eigenvalue weighted by Gasteiger charge is -2.20. The number of nitrogens with zero attached hydrogens (tertiary/aromatic N) is 1. The molecule has 3 heteroatoms. The monoisotopic (exact) mass is 185 g/mol. The van der Waals surface area contributed by atoms with Crippen LogP contribution in [-0.2, 0) is 4.79 Å². The topological polar surface area (TPSA) is 40.5 Å². The number of aliphatic carboxylic acids is 1. The van der Waals surface area contributed by atoms with Crippen LogP contribution in [0.2, 0.25) is 0 Å². The van der Waals surface area contributed by atoms with Crippen molar-refractivity contribution in [1.29, 1.82) is 0 Å². The maximum absolute atomic E-state index is 10.8. The first-order valence-corrected chi connectivity index (χ1v) is 5.22. The van der Waals surface area contributed by atoms with Crippen molar-refractivity contribution in [3.05, 3.63) is 0 Å². The number of carboxylic acids is 1. The number of hydrogen-bond donors (Lipinski definition) is 1. The highest BCUT2D eigenvalue weighted by Gasteiger charge is 2.29. The zero-order valence-electron chi connectivity index (χ0n) is 8.33. The van der Waals surface area contributed by atoms with E-state index in [9.17, 15) is 4.79 Å². The van der Waals surface area contributed by atoms with Crippen molar-refractivity contribution in [3.8, 4) is 0 Å². The Balaban J connectivity index is 2.27. The zero-order valence-corrected chi connectivity index (χ0v) is 8.33. The van der Waals surface area contributed by atoms with E-state index in [1.54, 1.807) is 0 Å². The fraction of sp³-hybridized carbons (Fsp3) is 0.900. The van der Waals surface area contributed by atoms with E-state index < -0.39 is 5.97 Å². The zero-order chi connectivity index (χ0) is 9.68. The average Bonchev–Trinajstić information content (AvgIpc) is 2.53. The summed E-state index contributed by atoms with van der Waals surface area (Å²) in [6.45, 7) is 4.10. The minimum absolute atomic E-state index is 0.197. The van der Waals surface area contributed by atoms with E-state index in [0.717, 1.165) is 32.4 Å². The minimum Gasteiger partial charge on any atom is -0.480 e. The highest BCUT2D eigenvalue weighted by atomic mass is 16.4. The Hall–Kier alpha value is -0.570. The number of unbranched alkanes of at least 4 members (excludes halogenated alkanes) is 2. The quantitative estimate of drug-likeness (QED) is 0.663. The van der Waals surface area contributed by atoms with Crippen LogP contribution < -0.4 is 0 Å². The van der Waals surface area contributed by atoms with E-state index in [2.05, 4.69) is 11.8 Å². The Morgan fingerprint density at radius 1 is 1.54 bits per heavy atom. The summed E-state index contributed by atoms with van der Waals surface area (Å²) in [6.07, 6.45) is 5.43. The van der Waals surface area contributed by atoms with Crippen molar-refractivity contribution in [2.45, 2.75) is 45.1 Å². The Bertz CT molecular complexity index is 170. The molecule has 0 aromatic carbocycles. The van der Waals surface area contributed by atoms with Crippen molar-refractivity contribution >= 4 is 5.97 Å². The Morgan fingerprint density at radius 3 is 2.92 bits per heavy atom. The summed E-state index contributed by atoms with van der Waals surface area (Å²) in [7, 11) is 0. The van der Waals surface area contributed by atoms with Gasteiger partial charge in [-0.3, -0.25) is 9.69 Å². The molecule has 1 atom stereocenters. The van der Waals surface area contributed by atoms with Crippen molar-refractivity contribution in [1.82, 2.24) is 4.90 Å². The SMILES string of the molecule is CCCCCN1CCCC1C(=O)O. The molecule has 1 N–H and O–H groups in total. The van der Waals surface area contributed by atoms with Gasteiger partial charge in [-0.15, -0.1) is 0 Å². The van der Waals surface area contributed by atoms with Gasteiger partial charge in [0.1, 0.15) is 6.04 Å². The van der Waals surface area contributed by atoms with Crippen molar-refractivity contribution in [2.75, 3.05) is 13.1 Å². The predicted octanol–water partition coefficient (Wildman–Crippen LogP) is 1.73. The van der Waals surface area contributed by atoms with Crippen LogP contribution >= 0.6 is 0 Å². The first-order chi connectivity index (χ1) is 6.25. The first kappa shape index (κ1) is 10.5. The molecule has 1 rings (SSSR count). The van der Waals surface area contributed by atoms with E-state index in [4.69, 9.17) is 5.11 Å². The molecule has 0 aromatic rings. The highest BCUT2D eigenvalue weighted by Crippen LogP contribution is 2.17. The smallest absolute Gasteiger partial charge is 0.320 e. The summed E-state index contributed by atoms with van der Waals surface area (Å²) in [4.78, 5) is 12.9. The van der Waals surface area contributed by atoms with Crippen LogP contribution in [0.15, 0.2) is 0 Å². The van der Waals surface area contributed by atoms with Crippen LogP contribution in [0.1, 0.15) is 39.0 Å². The summed E-state index contributed by atoms with van der Waals surface area (Å²) >= 11 is 0. The molecular weight excluding hydrogens is 166 g/mol. The molecule has 0 aromatic heterocycles. The third kappa shape index (κ3) is 2.99. The van der Waals surface area contributed by atoms with Crippen LogP contribution in [0, 0.1) is 0 Å². The fourth-order valence-corrected chi connectivity index (χ4v) is 1.94. The molecule has 1 aliphatic heterocycles. The van der Waals surface area contributed by atoms with E-state index >= 15 is 0 Å². The maximum Gasteiger partial charge on any atom is 0.320 e. The van der Waals surface area contributed by atoms with Gasteiger partial charge in [0, 0.05) is 0 Å². The van der Waals surface area contributed by atoms with E-state index in [0.29, 0.717) is 0 Å². The number of carboxylic acid groups (broad SMARTS) is 1. The van der Waals surface area contributed by atoms with Gasteiger partial charge >= 0.3 is 5.97 Å². The van der Waals surface area contributed by atoms with Gasteiger partial charge in [0.2, 0.25) is 0 Å². The number of hydrogen-bond acceptors (Lipinski definition) is 2. The molecule has 0 radical (unpaired) electrons. The molecule has 0 saturated carbocycles. The van der Waals surface area contributed by atoms with Gasteiger partial charge in [-0.05, 0) is 32.4 Å². The Labute approximate surface area is 79.7 Å². The van der Waals surface area contributed by atoms with Crippen molar-refractivity contribution in [3.63, 3.8) is 0 Å². The molecule has 1 heterocycles. The number of likely N-dealkylation sites (tertiary alicyclic amines) is 1. The molecule has 1 unspecified atom stereocenters. The molecule has 1 aliphatic rings. The summed E-state index contributed by atoms with van der Waals surface area (Å²) < 4.78 is 0. The van der Waals surface area contributed by atoms with Gasteiger partial charge < -0.3 is 5.11 Å². The number of rotatable bonds is 5. The van der Waals surface area contributed by atoms with Gasteiger partial charge in [0.15, 0.2) is 0 Å². The lowest BCUT2D eigenvalue weighted by molar-refractivity contribution is -0.142. The molecule has 13 heavy (non-hydrogen) atoms. The molecule has 1 saturated heterocycles. The second-order valence-corrected chi connectivity index (χ2v) is 3.74. The van der Waals surface area contributed by atoms with E-state index in [-0.39, 0.29) is 6.04 Å². The normalized spacial score (nSPS) is 23.6. The van der Waals surface area contributed by atoms with Crippen LogP contribution in [0.4, 0.5) is 0 Å². The molecule has 0 spiro atoms. The minimum atomic E-state index is -0.644. The maximum atomic E-state index is 10.8. The standard InChI is InChI=1S/C10H19NO2/c1-2-3-4-7-11-8-5-6-9(11)10(12)13/h9H,2-8H2,1H3,(H,12,13). The summed E-state index contributed by atoms with van der Waals surface area (Å²) in [5.41, 5.74) is 0. The summed E-state index contributed by atoms with van der Waals surface area (Å²) in [6, 6.07) is -0.197. The van der Waals surface area contributed by atoms with Gasteiger partial charge in [-0.2, -0.15) is 0 Å². The predicted molar refractivity (Wildman–Crippen MR) is 51.8 cm³/mol. The second-order valence-electron chi connectivity index (χ2n) is 3.74. The molecular formula is C10H19NO2. The van der Waals surface area contributed by atoms with Crippen LogP contribution in [0.5, 0.6) is 0 Å². The van der Waals surface area contributed by atoms with Gasteiger partial charge in [0.05, 0.1) is 0 Å². The van der Waals surface area contributed by atoms with Crippen LogP contribution in [0.25, 0.3) is 0 Å². The fourth-order valence-electron chi connectivity index (χ4n) is 1.94. The second kappa shape index (κ2) is 5.22. The average molecular weight is 185 g/mol. The van der Waals surface area contributed by atoms with Gasteiger partial charge in [0.25, 0.3) is 0 Å². The lowest BCUT2D eigenvalue weighted by atomic mass is 10.2. The number of carbonyl (C=O) groups is 1. The molecule has 0 bridgehead atoms. The van der Waals surface area contributed by atoms with Crippen LogP contribution in [0.3, 0.4) is 0 Å².